The molecule has 0 N–H and O–H groups in total. The monoisotopic (exact) mass is 273 g/mol. The summed E-state index contributed by atoms with van der Waals surface area (Å²) in [5.74, 6) is 0.316. The molecular weight excluding hydrogens is 262 g/mol. The predicted molar refractivity (Wildman–Crippen MR) is 61.2 cm³/mol. The van der Waals surface area contributed by atoms with Gasteiger partial charge in [-0.25, -0.2) is 0 Å². The van der Waals surface area contributed by atoms with E-state index in [-0.39, 0.29) is 5.69 Å². The minimum Gasteiger partial charge on any atom is -0.486 e. The molecular formula is C10H12BrNO3. The number of benzene rings is 1. The summed E-state index contributed by atoms with van der Waals surface area (Å²) < 4.78 is 6.00. The molecule has 0 amide bonds. The van der Waals surface area contributed by atoms with Gasteiger partial charge >= 0.3 is 5.69 Å². The Labute approximate surface area is 96.5 Å². The summed E-state index contributed by atoms with van der Waals surface area (Å²) in [6.45, 7) is 2.54. The van der Waals surface area contributed by atoms with Gasteiger partial charge in [0.25, 0.3) is 0 Å². The summed E-state index contributed by atoms with van der Waals surface area (Å²) in [7, 11) is 0. The number of para-hydroxylation sites is 1. The molecule has 1 aromatic rings. The normalized spacial score (nSPS) is 10.0. The van der Waals surface area contributed by atoms with Crippen LogP contribution in [0.25, 0.3) is 0 Å². The number of hydrogen-bond acceptors (Lipinski definition) is 3. The van der Waals surface area contributed by atoms with E-state index in [1.54, 1.807) is 12.1 Å². The van der Waals surface area contributed by atoms with Crippen molar-refractivity contribution in [3.05, 3.63) is 32.8 Å². The number of hydrogen-bond donors (Lipinski definition) is 0. The van der Waals surface area contributed by atoms with Gasteiger partial charge in [-0.15, -0.1) is 0 Å². The Morgan fingerprint density at radius 1 is 1.53 bits per heavy atom. The highest BCUT2D eigenvalue weighted by Crippen LogP contribution is 2.34. The van der Waals surface area contributed by atoms with Crippen LogP contribution in [0.2, 0.25) is 0 Å². The molecule has 1 aromatic carbocycles. The molecule has 0 aliphatic rings. The van der Waals surface area contributed by atoms with Crippen LogP contribution >= 0.6 is 15.9 Å². The van der Waals surface area contributed by atoms with Gasteiger partial charge in [0.1, 0.15) is 0 Å². The lowest BCUT2D eigenvalue weighted by molar-refractivity contribution is -0.386. The molecule has 0 aliphatic carbocycles. The van der Waals surface area contributed by atoms with Crippen LogP contribution in [0.1, 0.15) is 19.8 Å². The van der Waals surface area contributed by atoms with Crippen LogP contribution in [0.15, 0.2) is 22.7 Å². The summed E-state index contributed by atoms with van der Waals surface area (Å²) in [4.78, 5) is 10.3. The van der Waals surface area contributed by atoms with E-state index in [2.05, 4.69) is 15.9 Å². The Hall–Kier alpha value is -1.10. The molecule has 15 heavy (non-hydrogen) atoms. The maximum atomic E-state index is 10.7. The molecule has 4 nitrogen and oxygen atoms in total. The highest BCUT2D eigenvalue weighted by atomic mass is 79.9. The SMILES string of the molecule is CCCCOc1c(Br)cccc1[N+](=O)[O-]. The highest BCUT2D eigenvalue weighted by molar-refractivity contribution is 9.10. The van der Waals surface area contributed by atoms with Gasteiger partial charge in [0.15, 0.2) is 0 Å². The lowest BCUT2D eigenvalue weighted by Crippen LogP contribution is -2.00. The van der Waals surface area contributed by atoms with Crippen molar-refractivity contribution in [3.63, 3.8) is 0 Å². The van der Waals surface area contributed by atoms with Crippen molar-refractivity contribution in [2.45, 2.75) is 19.8 Å². The number of nitro benzene ring substituents is 1. The molecule has 0 bridgehead atoms. The third-order valence-electron chi connectivity index (χ3n) is 1.89. The van der Waals surface area contributed by atoms with Crippen molar-refractivity contribution in [2.75, 3.05) is 6.61 Å². The summed E-state index contributed by atoms with van der Waals surface area (Å²) in [5.41, 5.74) is 0.000443. The molecule has 5 heteroatoms. The second kappa shape index (κ2) is 5.70. The molecule has 0 saturated heterocycles. The number of rotatable bonds is 5. The summed E-state index contributed by atoms with van der Waals surface area (Å²) in [5, 5.41) is 10.7. The fourth-order valence-electron chi connectivity index (χ4n) is 1.10. The molecule has 1 rings (SSSR count). The summed E-state index contributed by atoms with van der Waals surface area (Å²) >= 11 is 3.24. The van der Waals surface area contributed by atoms with Crippen LogP contribution in [-0.4, -0.2) is 11.5 Å². The van der Waals surface area contributed by atoms with Gasteiger partial charge in [-0.05, 0) is 28.4 Å². The van der Waals surface area contributed by atoms with E-state index in [0.717, 1.165) is 12.8 Å². The van der Waals surface area contributed by atoms with E-state index in [1.807, 2.05) is 6.92 Å². The Bertz CT molecular complexity index is 355. The molecule has 0 radical (unpaired) electrons. The van der Waals surface area contributed by atoms with Gasteiger partial charge in [0, 0.05) is 6.07 Å². The van der Waals surface area contributed by atoms with Crippen LogP contribution in [-0.2, 0) is 0 Å². The fraction of sp³-hybridized carbons (Fsp3) is 0.400. The molecule has 0 fully saturated rings. The maximum absolute atomic E-state index is 10.7. The molecule has 0 unspecified atom stereocenters. The Kier molecular flexibility index (Phi) is 4.55. The third-order valence-corrected chi connectivity index (χ3v) is 2.51. The van der Waals surface area contributed by atoms with E-state index in [4.69, 9.17) is 4.74 Å². The van der Waals surface area contributed by atoms with Gasteiger partial charge in [0.2, 0.25) is 5.75 Å². The Morgan fingerprint density at radius 2 is 2.27 bits per heavy atom. The number of nitrogens with zero attached hydrogens (tertiary/aromatic N) is 1. The smallest absolute Gasteiger partial charge is 0.312 e. The zero-order valence-electron chi connectivity index (χ0n) is 8.40. The molecule has 0 spiro atoms. The van der Waals surface area contributed by atoms with Crippen LogP contribution in [0.4, 0.5) is 5.69 Å². The maximum Gasteiger partial charge on any atom is 0.312 e. The topological polar surface area (TPSA) is 52.4 Å². The van der Waals surface area contributed by atoms with E-state index in [9.17, 15) is 10.1 Å². The lowest BCUT2D eigenvalue weighted by Gasteiger charge is -2.07. The zero-order chi connectivity index (χ0) is 11.3. The lowest BCUT2D eigenvalue weighted by atomic mass is 10.3. The second-order valence-electron chi connectivity index (χ2n) is 3.05. The van der Waals surface area contributed by atoms with Crippen LogP contribution in [0.3, 0.4) is 0 Å². The van der Waals surface area contributed by atoms with Gasteiger partial charge < -0.3 is 4.74 Å². The van der Waals surface area contributed by atoms with Crippen molar-refractivity contribution in [2.24, 2.45) is 0 Å². The molecule has 0 atom stereocenters. The first-order valence-electron chi connectivity index (χ1n) is 4.72. The average Bonchev–Trinajstić information content (AvgIpc) is 2.20. The number of ether oxygens (including phenoxy) is 1. The first-order chi connectivity index (χ1) is 7.16. The van der Waals surface area contributed by atoms with Crippen LogP contribution in [0.5, 0.6) is 5.75 Å². The first-order valence-corrected chi connectivity index (χ1v) is 5.51. The number of unbranched alkanes of at least 4 members (excludes halogenated alkanes) is 1. The van der Waals surface area contributed by atoms with E-state index in [1.165, 1.54) is 6.07 Å². The average molecular weight is 274 g/mol. The van der Waals surface area contributed by atoms with Gasteiger partial charge in [-0.2, -0.15) is 0 Å². The summed E-state index contributed by atoms with van der Waals surface area (Å²) in [6.07, 6.45) is 1.89. The predicted octanol–water partition coefficient (Wildman–Crippen LogP) is 3.54. The fourth-order valence-corrected chi connectivity index (χ4v) is 1.57. The first kappa shape index (κ1) is 12.0. The number of nitro groups is 1. The second-order valence-corrected chi connectivity index (χ2v) is 3.90. The minimum absolute atomic E-state index is 0.000443. The van der Waals surface area contributed by atoms with Crippen LogP contribution in [0, 0.1) is 10.1 Å². The summed E-state index contributed by atoms with van der Waals surface area (Å²) in [6, 6.07) is 4.79. The van der Waals surface area contributed by atoms with Crippen molar-refractivity contribution in [1.82, 2.24) is 0 Å². The van der Waals surface area contributed by atoms with E-state index < -0.39 is 4.92 Å². The van der Waals surface area contributed by atoms with Crippen molar-refractivity contribution >= 4 is 21.6 Å². The van der Waals surface area contributed by atoms with Crippen LogP contribution < -0.4 is 4.74 Å². The Morgan fingerprint density at radius 3 is 2.87 bits per heavy atom. The minimum atomic E-state index is -0.438. The van der Waals surface area contributed by atoms with Gasteiger partial charge in [-0.1, -0.05) is 19.4 Å². The van der Waals surface area contributed by atoms with Crippen molar-refractivity contribution < 1.29 is 9.66 Å². The molecule has 0 saturated carbocycles. The molecule has 0 aliphatic heterocycles. The Balaban J connectivity index is 2.87. The number of halogens is 1. The highest BCUT2D eigenvalue weighted by Gasteiger charge is 2.17. The van der Waals surface area contributed by atoms with E-state index >= 15 is 0 Å². The van der Waals surface area contributed by atoms with Gasteiger partial charge in [0.05, 0.1) is 16.0 Å². The van der Waals surface area contributed by atoms with Crippen molar-refractivity contribution in [1.29, 1.82) is 0 Å². The quantitative estimate of drug-likeness (QED) is 0.469. The third kappa shape index (κ3) is 3.20. The van der Waals surface area contributed by atoms with Crippen molar-refractivity contribution in [3.8, 4) is 5.75 Å². The van der Waals surface area contributed by atoms with Gasteiger partial charge in [-0.3, -0.25) is 10.1 Å². The molecule has 0 heterocycles. The largest absolute Gasteiger partial charge is 0.486 e. The standard InChI is InChI=1S/C10H12BrNO3/c1-2-3-7-15-10-8(11)5-4-6-9(10)12(13)14/h4-6H,2-3,7H2,1H3. The molecule has 0 aromatic heterocycles. The zero-order valence-corrected chi connectivity index (χ0v) is 9.99. The van der Waals surface area contributed by atoms with E-state index in [0.29, 0.717) is 16.8 Å². The molecule has 82 valence electrons.